The Labute approximate surface area is 176 Å². The van der Waals surface area contributed by atoms with E-state index < -0.39 is 10.0 Å². The van der Waals surface area contributed by atoms with Crippen LogP contribution >= 0.6 is 11.6 Å². The van der Waals surface area contributed by atoms with Crippen molar-refractivity contribution in [1.29, 1.82) is 0 Å². The first kappa shape index (κ1) is 21.7. The number of nitrogens with one attached hydrogen (secondary N) is 1. The van der Waals surface area contributed by atoms with Gasteiger partial charge in [0.2, 0.25) is 10.0 Å². The van der Waals surface area contributed by atoms with Crippen LogP contribution in [0.4, 0.5) is 5.69 Å². The van der Waals surface area contributed by atoms with Crippen LogP contribution in [0.2, 0.25) is 5.02 Å². The molecule has 0 unspecified atom stereocenters. The lowest BCUT2D eigenvalue weighted by molar-refractivity contribution is 0.0942. The van der Waals surface area contributed by atoms with Gasteiger partial charge in [-0.2, -0.15) is 4.31 Å². The Kier molecular flexibility index (Phi) is 6.26. The van der Waals surface area contributed by atoms with E-state index in [1.807, 2.05) is 0 Å². The van der Waals surface area contributed by atoms with Gasteiger partial charge in [-0.05, 0) is 55.5 Å². The molecule has 0 saturated carbocycles. The van der Waals surface area contributed by atoms with Crippen LogP contribution in [-0.2, 0) is 23.6 Å². The van der Waals surface area contributed by atoms with Crippen molar-refractivity contribution in [3.63, 3.8) is 0 Å². The Morgan fingerprint density at radius 3 is 2.59 bits per heavy atom. The molecule has 0 radical (unpaired) electrons. The molecule has 29 heavy (non-hydrogen) atoms. The molecule has 158 valence electrons. The highest BCUT2D eigenvalue weighted by molar-refractivity contribution is 7.89. The number of aromatic nitrogens is 1. The molecule has 2 heterocycles. The number of benzene rings is 1. The molecule has 3 N–H and O–H groups in total. The number of halogens is 1. The van der Waals surface area contributed by atoms with Gasteiger partial charge < -0.3 is 15.6 Å². The average molecular weight is 439 g/mol. The van der Waals surface area contributed by atoms with Crippen LogP contribution in [0.5, 0.6) is 0 Å². The molecule has 3 rings (SSSR count). The van der Waals surface area contributed by atoms with Crippen molar-refractivity contribution < 1.29 is 13.2 Å². The van der Waals surface area contributed by atoms with Crippen molar-refractivity contribution in [3.8, 4) is 0 Å². The molecule has 0 spiro atoms. The lowest BCUT2D eigenvalue weighted by Gasteiger charge is -2.29. The van der Waals surface area contributed by atoms with Gasteiger partial charge in [0.15, 0.2) is 0 Å². The molecule has 0 aliphatic carbocycles. The number of amides is 1. The summed E-state index contributed by atoms with van der Waals surface area (Å²) in [6.07, 6.45) is 1.69. The van der Waals surface area contributed by atoms with E-state index >= 15 is 0 Å². The molecule has 2 aromatic rings. The number of nitrogen functional groups attached to an aromatic ring is 1. The minimum atomic E-state index is -3.64. The van der Waals surface area contributed by atoms with Gasteiger partial charge in [-0.3, -0.25) is 4.79 Å². The van der Waals surface area contributed by atoms with Crippen LogP contribution < -0.4 is 11.1 Å². The summed E-state index contributed by atoms with van der Waals surface area (Å²) < 4.78 is 29.4. The van der Waals surface area contributed by atoms with E-state index in [0.29, 0.717) is 41.0 Å². The first-order valence-electron chi connectivity index (χ1n) is 9.60. The maximum Gasteiger partial charge on any atom is 0.268 e. The fourth-order valence-electron chi connectivity index (χ4n) is 3.51. The Balaban J connectivity index is 1.81. The van der Waals surface area contributed by atoms with E-state index in [0.717, 1.165) is 12.8 Å². The summed E-state index contributed by atoms with van der Waals surface area (Å²) in [6.45, 7) is 5.05. The van der Waals surface area contributed by atoms with Gasteiger partial charge in [0.05, 0.1) is 0 Å². The van der Waals surface area contributed by atoms with E-state index in [2.05, 4.69) is 12.2 Å². The van der Waals surface area contributed by atoms with Crippen LogP contribution in [0.3, 0.4) is 0 Å². The molecule has 1 aromatic heterocycles. The second-order valence-electron chi connectivity index (χ2n) is 7.66. The number of nitrogens with zero attached hydrogens (tertiary/aromatic N) is 2. The van der Waals surface area contributed by atoms with Gasteiger partial charge in [-0.25, -0.2) is 8.42 Å². The molecule has 1 amide bonds. The Morgan fingerprint density at radius 2 is 1.93 bits per heavy atom. The number of piperidine rings is 1. The normalized spacial score (nSPS) is 16.1. The van der Waals surface area contributed by atoms with Crippen LogP contribution in [0.25, 0.3) is 0 Å². The van der Waals surface area contributed by atoms with Gasteiger partial charge in [-0.1, -0.05) is 18.5 Å². The number of sulfonamides is 1. The molecular formula is C20H27ClN4O3S. The summed E-state index contributed by atoms with van der Waals surface area (Å²) in [5.41, 5.74) is 7.84. The fraction of sp³-hybridized carbons (Fsp3) is 0.450. The zero-order valence-electron chi connectivity index (χ0n) is 16.9. The van der Waals surface area contributed by atoms with E-state index in [1.165, 1.54) is 10.4 Å². The summed E-state index contributed by atoms with van der Waals surface area (Å²) in [6, 6.07) is 6.52. The van der Waals surface area contributed by atoms with E-state index in [-0.39, 0.29) is 23.0 Å². The van der Waals surface area contributed by atoms with E-state index in [1.54, 1.807) is 36.7 Å². The second kappa shape index (κ2) is 8.38. The zero-order chi connectivity index (χ0) is 21.3. The number of anilines is 1. The van der Waals surface area contributed by atoms with Gasteiger partial charge >= 0.3 is 0 Å². The zero-order valence-corrected chi connectivity index (χ0v) is 18.5. The standard InChI is InChI=1S/C20H27ClN4O3S/c1-13-6-8-25(9-7-13)29(27,28)19-11-18(24(3)14(19)2)20(26)23-12-15-10-16(22)4-5-17(15)21/h4-5,10-11,13H,6-9,12,22H2,1-3H3,(H,23,26). The van der Waals surface area contributed by atoms with E-state index in [9.17, 15) is 13.2 Å². The van der Waals surface area contributed by atoms with Crippen LogP contribution in [-0.4, -0.2) is 36.3 Å². The summed E-state index contributed by atoms with van der Waals surface area (Å²) in [4.78, 5) is 12.9. The van der Waals surface area contributed by atoms with Crippen molar-refractivity contribution in [2.45, 2.75) is 38.1 Å². The maximum atomic E-state index is 13.1. The number of rotatable bonds is 5. The molecule has 1 aliphatic rings. The van der Waals surface area contributed by atoms with Crippen molar-refractivity contribution in [2.24, 2.45) is 13.0 Å². The van der Waals surface area contributed by atoms with Gasteiger partial charge in [-0.15, -0.1) is 0 Å². The molecule has 0 atom stereocenters. The van der Waals surface area contributed by atoms with Crippen molar-refractivity contribution in [1.82, 2.24) is 14.2 Å². The second-order valence-corrected chi connectivity index (χ2v) is 9.97. The predicted octanol–water partition coefficient (Wildman–Crippen LogP) is 2.92. The molecule has 0 bridgehead atoms. The third kappa shape index (κ3) is 4.44. The number of nitrogens with two attached hydrogens (primary N) is 1. The number of hydrogen-bond acceptors (Lipinski definition) is 4. The van der Waals surface area contributed by atoms with Gasteiger partial charge in [0, 0.05) is 43.1 Å². The Bertz CT molecular complexity index is 1020. The number of carbonyl (C=O) groups excluding carboxylic acids is 1. The average Bonchev–Trinajstić information content (AvgIpc) is 2.98. The Morgan fingerprint density at radius 1 is 1.28 bits per heavy atom. The first-order valence-corrected chi connectivity index (χ1v) is 11.4. The largest absolute Gasteiger partial charge is 0.399 e. The summed E-state index contributed by atoms with van der Waals surface area (Å²) in [5, 5.41) is 3.30. The Hall–Kier alpha value is -2.03. The predicted molar refractivity (Wildman–Crippen MR) is 114 cm³/mol. The van der Waals surface area contributed by atoms with Crippen molar-refractivity contribution in [2.75, 3.05) is 18.8 Å². The van der Waals surface area contributed by atoms with Crippen molar-refractivity contribution in [3.05, 3.63) is 46.2 Å². The van der Waals surface area contributed by atoms with Gasteiger partial charge in [0.25, 0.3) is 5.91 Å². The quantitative estimate of drug-likeness (QED) is 0.701. The smallest absolute Gasteiger partial charge is 0.268 e. The van der Waals surface area contributed by atoms with Gasteiger partial charge in [0.1, 0.15) is 10.6 Å². The molecule has 9 heteroatoms. The lowest BCUT2D eigenvalue weighted by Crippen LogP contribution is -2.38. The lowest BCUT2D eigenvalue weighted by atomic mass is 10.0. The monoisotopic (exact) mass is 438 g/mol. The SMILES string of the molecule is Cc1c(S(=O)(=O)N2CCC(C)CC2)cc(C(=O)NCc2cc(N)ccc2Cl)n1C. The van der Waals surface area contributed by atoms with Crippen LogP contribution in [0.15, 0.2) is 29.2 Å². The highest BCUT2D eigenvalue weighted by Crippen LogP contribution is 2.27. The maximum absolute atomic E-state index is 13.1. The summed E-state index contributed by atoms with van der Waals surface area (Å²) >= 11 is 6.15. The molecule has 1 saturated heterocycles. The molecule has 1 aliphatic heterocycles. The summed E-state index contributed by atoms with van der Waals surface area (Å²) in [7, 11) is -1.95. The number of carbonyl (C=O) groups is 1. The third-order valence-electron chi connectivity index (χ3n) is 5.59. The molecule has 1 aromatic carbocycles. The van der Waals surface area contributed by atoms with Crippen LogP contribution in [0.1, 0.15) is 41.5 Å². The molecule has 7 nitrogen and oxygen atoms in total. The van der Waals surface area contributed by atoms with Crippen molar-refractivity contribution >= 4 is 33.2 Å². The summed E-state index contributed by atoms with van der Waals surface area (Å²) in [5.74, 6) is 0.154. The fourth-order valence-corrected chi connectivity index (χ4v) is 5.44. The number of hydrogen-bond donors (Lipinski definition) is 2. The van der Waals surface area contributed by atoms with Crippen LogP contribution in [0, 0.1) is 12.8 Å². The molecular weight excluding hydrogens is 412 g/mol. The highest BCUT2D eigenvalue weighted by Gasteiger charge is 2.32. The van der Waals surface area contributed by atoms with E-state index in [4.69, 9.17) is 17.3 Å². The topological polar surface area (TPSA) is 97.4 Å². The third-order valence-corrected chi connectivity index (χ3v) is 7.97. The molecule has 1 fully saturated rings. The highest BCUT2D eigenvalue weighted by atomic mass is 35.5. The minimum absolute atomic E-state index is 0.182. The minimum Gasteiger partial charge on any atom is -0.399 e. The first-order chi connectivity index (χ1) is 13.6.